The summed E-state index contributed by atoms with van der Waals surface area (Å²) >= 11 is 4.67. The van der Waals surface area contributed by atoms with Gasteiger partial charge in [0.1, 0.15) is 4.53 Å². The highest BCUT2D eigenvalue weighted by molar-refractivity contribution is 9.10. The minimum absolute atomic E-state index is 0.164. The molecule has 10 heteroatoms. The molecule has 0 spiro atoms. The summed E-state index contributed by atoms with van der Waals surface area (Å²) in [5, 5.41) is 4.43. The van der Waals surface area contributed by atoms with Gasteiger partial charge in [0.05, 0.1) is 25.5 Å². The van der Waals surface area contributed by atoms with Crippen LogP contribution in [0.2, 0.25) is 0 Å². The van der Waals surface area contributed by atoms with Crippen molar-refractivity contribution in [1.82, 2.24) is 14.6 Å². The van der Waals surface area contributed by atoms with Crippen LogP contribution in [0.25, 0.3) is 21.9 Å². The normalized spacial score (nSPS) is 14.7. The number of hydrogen-bond donors (Lipinski definition) is 0. The van der Waals surface area contributed by atoms with Gasteiger partial charge in [0.15, 0.2) is 17.3 Å². The number of benzene rings is 2. The molecule has 0 bridgehead atoms. The Morgan fingerprint density at radius 2 is 1.85 bits per heavy atom. The van der Waals surface area contributed by atoms with E-state index in [2.05, 4.69) is 32.9 Å². The summed E-state index contributed by atoms with van der Waals surface area (Å²) in [5.74, 6) is 1.37. The Hall–Kier alpha value is -3.24. The smallest absolute Gasteiger partial charge is 0.291 e. The summed E-state index contributed by atoms with van der Waals surface area (Å²) in [7, 11) is 3.12. The van der Waals surface area contributed by atoms with Crippen molar-refractivity contribution in [3.63, 3.8) is 0 Å². The Balaban J connectivity index is 1.66. The number of anilines is 1. The predicted octanol–water partition coefficient (Wildman–Crippen LogP) is 3.66. The molecule has 0 radical (unpaired) electrons. The van der Waals surface area contributed by atoms with Gasteiger partial charge in [0.25, 0.3) is 11.5 Å². The number of nitrogens with zero attached hydrogens (tertiary/aromatic N) is 4. The second-order valence-electron chi connectivity index (χ2n) is 7.78. The molecule has 1 amide bonds. The van der Waals surface area contributed by atoms with Crippen molar-refractivity contribution in [3.8, 4) is 22.9 Å². The molecule has 0 atom stereocenters. The van der Waals surface area contributed by atoms with Gasteiger partial charge < -0.3 is 14.4 Å². The van der Waals surface area contributed by atoms with Crippen molar-refractivity contribution < 1.29 is 14.3 Å². The zero-order chi connectivity index (χ0) is 24.0. The van der Waals surface area contributed by atoms with Gasteiger partial charge in [-0.15, -0.1) is 5.10 Å². The SMILES string of the molecule is CCCCN1C(=O)C(=c2sc3nc(-c4ccc(OC)c(OC)c4)nn3c2=O)c2cc(Br)ccc21. The topological polar surface area (TPSA) is 86.0 Å². The van der Waals surface area contributed by atoms with Crippen molar-refractivity contribution in [3.05, 3.63) is 61.3 Å². The fraction of sp³-hybridized carbons (Fsp3) is 0.250. The molecule has 3 heterocycles. The van der Waals surface area contributed by atoms with Gasteiger partial charge in [0, 0.05) is 22.1 Å². The van der Waals surface area contributed by atoms with Gasteiger partial charge in [-0.3, -0.25) is 9.59 Å². The molecule has 34 heavy (non-hydrogen) atoms. The molecule has 0 unspecified atom stereocenters. The largest absolute Gasteiger partial charge is 0.493 e. The van der Waals surface area contributed by atoms with Crippen LogP contribution in [0.15, 0.2) is 45.7 Å². The zero-order valence-electron chi connectivity index (χ0n) is 18.8. The summed E-state index contributed by atoms with van der Waals surface area (Å²) in [4.78, 5) is 33.5. The summed E-state index contributed by atoms with van der Waals surface area (Å²) in [6.07, 6.45) is 1.84. The van der Waals surface area contributed by atoms with Crippen LogP contribution in [0, 0.1) is 0 Å². The van der Waals surface area contributed by atoms with Crippen LogP contribution < -0.4 is 24.5 Å². The van der Waals surface area contributed by atoms with Gasteiger partial charge >= 0.3 is 0 Å². The summed E-state index contributed by atoms with van der Waals surface area (Å²) in [5.41, 5.74) is 2.31. The first-order valence-corrected chi connectivity index (χ1v) is 12.4. The highest BCUT2D eigenvalue weighted by Crippen LogP contribution is 2.37. The van der Waals surface area contributed by atoms with Crippen LogP contribution in [0.3, 0.4) is 0 Å². The van der Waals surface area contributed by atoms with Crippen molar-refractivity contribution in [2.45, 2.75) is 19.8 Å². The second kappa shape index (κ2) is 8.84. The average molecular weight is 541 g/mol. The van der Waals surface area contributed by atoms with Crippen molar-refractivity contribution >= 4 is 49.4 Å². The number of amides is 1. The molecule has 0 N–H and O–H groups in total. The molecule has 4 aromatic rings. The van der Waals surface area contributed by atoms with E-state index < -0.39 is 0 Å². The molecule has 0 aliphatic carbocycles. The summed E-state index contributed by atoms with van der Waals surface area (Å²) in [6, 6.07) is 11.0. The van der Waals surface area contributed by atoms with Crippen LogP contribution in [0.4, 0.5) is 5.69 Å². The summed E-state index contributed by atoms with van der Waals surface area (Å²) < 4.78 is 13.1. The fourth-order valence-electron chi connectivity index (χ4n) is 4.04. The number of fused-ring (bicyclic) bond motifs is 2. The third-order valence-electron chi connectivity index (χ3n) is 5.74. The number of methoxy groups -OCH3 is 2. The van der Waals surface area contributed by atoms with Gasteiger partial charge in [-0.25, -0.2) is 0 Å². The van der Waals surface area contributed by atoms with Crippen LogP contribution >= 0.6 is 27.3 Å². The molecule has 8 nitrogen and oxygen atoms in total. The number of thiazole rings is 1. The van der Waals surface area contributed by atoms with Gasteiger partial charge in [-0.1, -0.05) is 40.6 Å². The van der Waals surface area contributed by atoms with Crippen LogP contribution in [-0.4, -0.2) is 41.3 Å². The van der Waals surface area contributed by atoms with E-state index in [4.69, 9.17) is 9.47 Å². The molecular formula is C24H21BrN4O4S. The lowest BCUT2D eigenvalue weighted by atomic mass is 10.1. The molecule has 2 aromatic heterocycles. The lowest BCUT2D eigenvalue weighted by molar-refractivity contribution is -0.113. The molecule has 0 fully saturated rings. The predicted molar refractivity (Wildman–Crippen MR) is 135 cm³/mol. The number of aromatic nitrogens is 3. The quantitative estimate of drug-likeness (QED) is 0.371. The van der Waals surface area contributed by atoms with E-state index in [1.165, 1.54) is 15.9 Å². The van der Waals surface area contributed by atoms with Crippen molar-refractivity contribution in [1.29, 1.82) is 0 Å². The van der Waals surface area contributed by atoms with E-state index >= 15 is 0 Å². The van der Waals surface area contributed by atoms with E-state index in [-0.39, 0.29) is 11.5 Å². The molecule has 174 valence electrons. The third kappa shape index (κ3) is 3.57. The standard InChI is InChI=1S/C24H21BrN4O4S/c1-4-5-10-28-16-8-7-14(25)12-15(16)19(22(28)30)20-23(31)29-24(34-20)26-21(27-29)13-6-9-17(32-2)18(11-13)33-3/h6-9,11-12H,4-5,10H2,1-3H3. The molecule has 1 aliphatic rings. The van der Waals surface area contributed by atoms with Gasteiger partial charge in [-0.05, 0) is 42.8 Å². The Morgan fingerprint density at radius 1 is 1.06 bits per heavy atom. The minimum atomic E-state index is -0.356. The molecule has 1 aliphatic heterocycles. The third-order valence-corrected chi connectivity index (χ3v) is 7.26. The monoisotopic (exact) mass is 540 g/mol. The molecule has 5 rings (SSSR count). The number of carbonyl (C=O) groups is 1. The van der Waals surface area contributed by atoms with Crippen molar-refractivity contribution in [2.75, 3.05) is 25.7 Å². The Labute approximate surface area is 207 Å². The van der Waals surface area contributed by atoms with Crippen LogP contribution in [-0.2, 0) is 4.79 Å². The average Bonchev–Trinajstić information content (AvgIpc) is 3.47. The number of halogens is 1. The Kier molecular flexibility index (Phi) is 5.86. The van der Waals surface area contributed by atoms with E-state index in [9.17, 15) is 9.59 Å². The van der Waals surface area contributed by atoms with Crippen LogP contribution in [0.5, 0.6) is 11.5 Å². The lowest BCUT2D eigenvalue weighted by Crippen LogP contribution is -2.33. The van der Waals surface area contributed by atoms with Crippen molar-refractivity contribution in [2.24, 2.45) is 0 Å². The minimum Gasteiger partial charge on any atom is -0.493 e. The van der Waals surface area contributed by atoms with E-state index in [0.717, 1.165) is 28.6 Å². The second-order valence-corrected chi connectivity index (χ2v) is 9.68. The fourth-order valence-corrected chi connectivity index (χ4v) is 5.40. The first-order chi connectivity index (χ1) is 16.5. The highest BCUT2D eigenvalue weighted by Gasteiger charge is 2.34. The summed E-state index contributed by atoms with van der Waals surface area (Å²) in [6.45, 7) is 2.69. The molecule has 0 saturated heterocycles. The van der Waals surface area contributed by atoms with E-state index in [0.29, 0.717) is 44.5 Å². The highest BCUT2D eigenvalue weighted by atomic mass is 79.9. The maximum atomic E-state index is 13.4. The maximum Gasteiger partial charge on any atom is 0.291 e. The number of carbonyl (C=O) groups excluding carboxylic acids is 1. The number of rotatable bonds is 6. The first kappa shape index (κ1) is 22.5. The maximum absolute atomic E-state index is 13.4. The lowest BCUT2D eigenvalue weighted by Gasteiger charge is -2.16. The van der Waals surface area contributed by atoms with E-state index in [1.807, 2.05) is 18.2 Å². The van der Waals surface area contributed by atoms with Gasteiger partial charge in [0.2, 0.25) is 4.96 Å². The number of ether oxygens (including phenoxy) is 2. The van der Waals surface area contributed by atoms with E-state index in [1.54, 1.807) is 37.3 Å². The van der Waals surface area contributed by atoms with Crippen LogP contribution in [0.1, 0.15) is 25.3 Å². The Bertz CT molecular complexity index is 1540. The number of unbranched alkanes of at least 4 members (excludes halogenated alkanes) is 1. The molecule has 2 aromatic carbocycles. The molecule has 0 saturated carbocycles. The molecular weight excluding hydrogens is 520 g/mol. The Morgan fingerprint density at radius 3 is 2.56 bits per heavy atom. The van der Waals surface area contributed by atoms with Gasteiger partial charge in [-0.2, -0.15) is 9.50 Å². The zero-order valence-corrected chi connectivity index (χ0v) is 21.2. The number of hydrogen-bond acceptors (Lipinski definition) is 7. The first-order valence-electron chi connectivity index (χ1n) is 10.7.